The molecule has 25 heavy (non-hydrogen) atoms. The van der Waals surface area contributed by atoms with Gasteiger partial charge in [-0.05, 0) is 17.7 Å². The molecule has 0 radical (unpaired) electrons. The Labute approximate surface area is 145 Å². The summed E-state index contributed by atoms with van der Waals surface area (Å²) in [6, 6.07) is 5.79. The van der Waals surface area contributed by atoms with Crippen molar-refractivity contribution < 1.29 is 4.79 Å². The highest BCUT2D eigenvalue weighted by Crippen LogP contribution is 2.28. The third-order valence-electron chi connectivity index (χ3n) is 4.10. The zero-order chi connectivity index (χ0) is 16.8. The first-order valence-corrected chi connectivity index (χ1v) is 8.44. The molecule has 2 N–H and O–H groups in total. The zero-order valence-electron chi connectivity index (χ0n) is 12.8. The Balaban J connectivity index is 1.61. The minimum atomic E-state index is -0.0240. The van der Waals surface area contributed by atoms with Crippen LogP contribution in [0.3, 0.4) is 0 Å². The molecule has 1 amide bonds. The quantitative estimate of drug-likeness (QED) is 0.589. The van der Waals surface area contributed by atoms with Gasteiger partial charge < -0.3 is 10.6 Å². The number of benzene rings is 1. The van der Waals surface area contributed by atoms with Crippen LogP contribution in [-0.2, 0) is 6.54 Å². The fraction of sp³-hybridized carbons (Fsp3) is 0.0625. The fourth-order valence-electron chi connectivity index (χ4n) is 2.94. The van der Waals surface area contributed by atoms with Gasteiger partial charge in [-0.25, -0.2) is 9.97 Å². The largest absolute Gasteiger partial charge is 0.348 e. The van der Waals surface area contributed by atoms with Gasteiger partial charge in [0.1, 0.15) is 5.51 Å². The average Bonchev–Trinajstić information content (AvgIpc) is 3.36. The molecule has 0 fully saturated rings. The Kier molecular flexibility index (Phi) is 3.01. The third-order valence-corrected chi connectivity index (χ3v) is 4.71. The lowest BCUT2D eigenvalue weighted by molar-refractivity contribution is 0.0966. The summed E-state index contributed by atoms with van der Waals surface area (Å²) in [6.07, 6.45) is 5.39. The van der Waals surface area contributed by atoms with Gasteiger partial charge in [0, 0.05) is 30.1 Å². The van der Waals surface area contributed by atoms with Crippen molar-refractivity contribution in [3.05, 3.63) is 53.4 Å². The van der Waals surface area contributed by atoms with Crippen molar-refractivity contribution in [3.8, 4) is 11.3 Å². The summed E-state index contributed by atoms with van der Waals surface area (Å²) in [4.78, 5) is 20.6. The van der Waals surface area contributed by atoms with E-state index < -0.39 is 0 Å². The number of nitrogens with one attached hydrogen (secondary N) is 2. The normalized spacial score (nSPS) is 13.0. The van der Waals surface area contributed by atoms with Crippen LogP contribution in [0.4, 0.5) is 10.9 Å². The molecule has 0 bridgehead atoms. The molecule has 122 valence electrons. The van der Waals surface area contributed by atoms with Crippen LogP contribution in [0.2, 0.25) is 0 Å². The molecule has 4 aromatic rings. The van der Waals surface area contributed by atoms with Gasteiger partial charge in [-0.2, -0.15) is 0 Å². The molecule has 1 aliphatic rings. The van der Waals surface area contributed by atoms with Crippen molar-refractivity contribution >= 4 is 33.8 Å². The smallest absolute Gasteiger partial charge is 0.251 e. The summed E-state index contributed by atoms with van der Waals surface area (Å²) < 4.78 is 1.96. The predicted molar refractivity (Wildman–Crippen MR) is 92.8 cm³/mol. The van der Waals surface area contributed by atoms with Crippen LogP contribution >= 0.6 is 11.3 Å². The van der Waals surface area contributed by atoms with Gasteiger partial charge in [-0.1, -0.05) is 17.4 Å². The number of carbonyl (C=O) groups is 1. The first kappa shape index (κ1) is 14.1. The van der Waals surface area contributed by atoms with Crippen LogP contribution in [0.25, 0.3) is 16.9 Å². The number of amides is 1. The van der Waals surface area contributed by atoms with Crippen molar-refractivity contribution in [3.63, 3.8) is 0 Å². The highest BCUT2D eigenvalue weighted by atomic mass is 32.1. The molecule has 1 aromatic carbocycles. The van der Waals surface area contributed by atoms with Crippen LogP contribution < -0.4 is 10.6 Å². The summed E-state index contributed by atoms with van der Waals surface area (Å²) in [7, 11) is 0. The molecule has 4 heterocycles. The van der Waals surface area contributed by atoms with Gasteiger partial charge in [0.15, 0.2) is 11.5 Å². The van der Waals surface area contributed by atoms with Crippen LogP contribution in [0.15, 0.2) is 42.3 Å². The Morgan fingerprint density at radius 1 is 1.28 bits per heavy atom. The van der Waals surface area contributed by atoms with Crippen LogP contribution in [0.5, 0.6) is 0 Å². The standard InChI is InChI=1S/C16H11N7OS/c24-15-11-2-1-9(5-10(11)6-19-15)12-7-18-13(14-17-3-4-23(12)14)21-16-22-20-8-25-16/h1-5,7-8H,6H2,(H,19,24)(H,18,21,22). The summed E-state index contributed by atoms with van der Waals surface area (Å²) in [5, 5.41) is 14.4. The van der Waals surface area contributed by atoms with Crippen molar-refractivity contribution in [2.24, 2.45) is 0 Å². The van der Waals surface area contributed by atoms with Gasteiger partial charge >= 0.3 is 0 Å². The average molecular weight is 349 g/mol. The van der Waals surface area contributed by atoms with Crippen LogP contribution in [0.1, 0.15) is 15.9 Å². The maximum Gasteiger partial charge on any atom is 0.251 e. The number of carbonyl (C=O) groups excluding carboxylic acids is 1. The monoisotopic (exact) mass is 349 g/mol. The number of nitrogens with zero attached hydrogens (tertiary/aromatic N) is 5. The first-order valence-electron chi connectivity index (χ1n) is 7.56. The Morgan fingerprint density at radius 2 is 2.24 bits per heavy atom. The number of fused-ring (bicyclic) bond motifs is 2. The number of hydrogen-bond acceptors (Lipinski definition) is 7. The molecule has 3 aromatic heterocycles. The molecule has 0 unspecified atom stereocenters. The lowest BCUT2D eigenvalue weighted by atomic mass is 10.0. The number of imidazole rings is 1. The van der Waals surface area contributed by atoms with E-state index in [1.807, 2.05) is 28.8 Å². The second kappa shape index (κ2) is 5.35. The maximum atomic E-state index is 11.7. The van der Waals surface area contributed by atoms with E-state index in [0.29, 0.717) is 23.1 Å². The lowest BCUT2D eigenvalue weighted by Crippen LogP contribution is -2.12. The van der Waals surface area contributed by atoms with Gasteiger partial charge in [0.2, 0.25) is 5.13 Å². The summed E-state index contributed by atoms with van der Waals surface area (Å²) >= 11 is 1.39. The van der Waals surface area contributed by atoms with E-state index in [1.165, 1.54) is 11.3 Å². The second-order valence-electron chi connectivity index (χ2n) is 5.54. The summed E-state index contributed by atoms with van der Waals surface area (Å²) in [5.74, 6) is 0.590. The summed E-state index contributed by atoms with van der Waals surface area (Å²) in [5.41, 5.74) is 5.95. The first-order chi connectivity index (χ1) is 12.3. The van der Waals surface area contributed by atoms with E-state index >= 15 is 0 Å². The van der Waals surface area contributed by atoms with Crippen molar-refractivity contribution in [1.29, 1.82) is 0 Å². The minimum absolute atomic E-state index is 0.0240. The predicted octanol–water partition coefficient (Wildman–Crippen LogP) is 2.23. The third kappa shape index (κ3) is 2.24. The SMILES string of the molecule is O=C1NCc2cc(-c3cnc(Nc4nncs4)c4nccn34)ccc21. The van der Waals surface area contributed by atoms with E-state index in [-0.39, 0.29) is 5.91 Å². The molecule has 0 aliphatic carbocycles. The van der Waals surface area contributed by atoms with Gasteiger partial charge in [-0.15, -0.1) is 10.2 Å². The van der Waals surface area contributed by atoms with Crippen LogP contribution in [-0.4, -0.2) is 30.5 Å². The summed E-state index contributed by atoms with van der Waals surface area (Å²) in [6.45, 7) is 0.555. The van der Waals surface area contributed by atoms with Crippen molar-refractivity contribution in [2.75, 3.05) is 5.32 Å². The number of aromatic nitrogens is 5. The molecule has 5 rings (SSSR count). The Bertz CT molecular complexity index is 1100. The van der Waals surface area contributed by atoms with Crippen LogP contribution in [0, 0.1) is 0 Å². The molecule has 1 aliphatic heterocycles. The number of rotatable bonds is 3. The molecular formula is C16H11N7OS. The molecule has 0 atom stereocenters. The number of anilines is 2. The molecular weight excluding hydrogens is 338 g/mol. The van der Waals surface area contributed by atoms with Crippen molar-refractivity contribution in [2.45, 2.75) is 6.54 Å². The van der Waals surface area contributed by atoms with E-state index in [0.717, 1.165) is 22.4 Å². The maximum absolute atomic E-state index is 11.7. The van der Waals surface area contributed by atoms with Gasteiger partial charge in [0.05, 0.1) is 11.9 Å². The van der Waals surface area contributed by atoms with Gasteiger partial charge in [-0.3, -0.25) is 9.20 Å². The van der Waals surface area contributed by atoms with E-state index in [2.05, 4.69) is 30.8 Å². The second-order valence-corrected chi connectivity index (χ2v) is 6.37. The molecule has 8 nitrogen and oxygen atoms in total. The lowest BCUT2D eigenvalue weighted by Gasteiger charge is -2.10. The topological polar surface area (TPSA) is 97.1 Å². The molecule has 0 saturated heterocycles. The molecule has 9 heteroatoms. The van der Waals surface area contributed by atoms with E-state index in [1.54, 1.807) is 17.9 Å². The number of hydrogen-bond donors (Lipinski definition) is 2. The fourth-order valence-corrected chi connectivity index (χ4v) is 3.38. The Hall–Kier alpha value is -3.33. The molecule has 0 spiro atoms. The zero-order valence-corrected chi connectivity index (χ0v) is 13.6. The van der Waals surface area contributed by atoms with E-state index in [9.17, 15) is 4.79 Å². The molecule has 0 saturated carbocycles. The highest BCUT2D eigenvalue weighted by Gasteiger charge is 2.20. The minimum Gasteiger partial charge on any atom is -0.348 e. The van der Waals surface area contributed by atoms with E-state index in [4.69, 9.17) is 0 Å². The Morgan fingerprint density at radius 3 is 3.12 bits per heavy atom. The highest BCUT2D eigenvalue weighted by molar-refractivity contribution is 7.13. The van der Waals surface area contributed by atoms with Crippen molar-refractivity contribution in [1.82, 2.24) is 29.9 Å². The van der Waals surface area contributed by atoms with Gasteiger partial charge in [0.25, 0.3) is 5.91 Å².